The second kappa shape index (κ2) is 7.04. The quantitative estimate of drug-likeness (QED) is 0.681. The molecule has 0 atom stereocenters. The van der Waals surface area contributed by atoms with Crippen molar-refractivity contribution in [3.05, 3.63) is 28.5 Å². The van der Waals surface area contributed by atoms with Crippen LogP contribution in [0.3, 0.4) is 0 Å². The minimum Gasteiger partial charge on any atom is -0.314 e. The molecule has 0 aromatic heterocycles. The second-order valence-corrected chi connectivity index (χ2v) is 7.83. The molecule has 0 heterocycles. The average Bonchev–Trinajstić information content (AvgIpc) is 3.22. The van der Waals surface area contributed by atoms with Crippen molar-refractivity contribution in [1.82, 2.24) is 9.62 Å². The zero-order valence-corrected chi connectivity index (χ0v) is 14.2. The molecule has 5 nitrogen and oxygen atoms in total. The molecule has 0 unspecified atom stereocenters. The first-order valence-corrected chi connectivity index (χ1v) is 9.04. The Labute approximate surface area is 133 Å². The minimum atomic E-state index is -3.73. The molecule has 1 aromatic rings. The lowest BCUT2D eigenvalue weighted by molar-refractivity contribution is 0.457. The highest BCUT2D eigenvalue weighted by molar-refractivity contribution is 9.10. The van der Waals surface area contributed by atoms with Gasteiger partial charge in [-0.1, -0.05) is 15.9 Å². The van der Waals surface area contributed by atoms with Crippen molar-refractivity contribution in [2.45, 2.75) is 25.3 Å². The zero-order valence-electron chi connectivity index (χ0n) is 11.8. The van der Waals surface area contributed by atoms with E-state index in [0.717, 1.165) is 13.0 Å². The van der Waals surface area contributed by atoms with E-state index in [1.807, 2.05) is 0 Å². The molecule has 0 aliphatic heterocycles. The summed E-state index contributed by atoms with van der Waals surface area (Å²) in [4.78, 5) is 0. The van der Waals surface area contributed by atoms with Crippen molar-refractivity contribution in [3.8, 4) is 0 Å². The van der Waals surface area contributed by atoms with Gasteiger partial charge in [-0.2, -0.15) is 12.7 Å². The molecule has 0 amide bonds. The third kappa shape index (κ3) is 5.21. The summed E-state index contributed by atoms with van der Waals surface area (Å²) < 4.78 is 41.9. The first-order valence-electron chi connectivity index (χ1n) is 6.81. The molecule has 21 heavy (non-hydrogen) atoms. The first-order chi connectivity index (χ1) is 9.88. The third-order valence-corrected chi connectivity index (χ3v) is 5.21. The van der Waals surface area contributed by atoms with Gasteiger partial charge in [0.05, 0.1) is 5.69 Å². The van der Waals surface area contributed by atoms with Gasteiger partial charge in [-0.3, -0.25) is 4.72 Å². The number of anilines is 1. The maximum absolute atomic E-state index is 13.7. The predicted molar refractivity (Wildman–Crippen MR) is 84.9 cm³/mol. The SMILES string of the molecule is CN(CCCNC1CC1)S(=O)(=O)Nc1ccc(Br)cc1F. The Bertz CT molecular complexity index is 593. The van der Waals surface area contributed by atoms with E-state index in [4.69, 9.17) is 0 Å². The molecule has 0 radical (unpaired) electrons. The van der Waals surface area contributed by atoms with Crippen LogP contribution < -0.4 is 10.0 Å². The van der Waals surface area contributed by atoms with E-state index in [-0.39, 0.29) is 5.69 Å². The Morgan fingerprint density at radius 2 is 2.14 bits per heavy atom. The van der Waals surface area contributed by atoms with Crippen LogP contribution in [0.1, 0.15) is 19.3 Å². The van der Waals surface area contributed by atoms with E-state index in [9.17, 15) is 12.8 Å². The summed E-state index contributed by atoms with van der Waals surface area (Å²) in [5.74, 6) is -0.614. The predicted octanol–water partition coefficient (Wildman–Crippen LogP) is 2.32. The van der Waals surface area contributed by atoms with Gasteiger partial charge in [0.1, 0.15) is 5.82 Å². The highest BCUT2D eigenvalue weighted by Gasteiger charge is 2.21. The average molecular weight is 380 g/mol. The molecule has 2 N–H and O–H groups in total. The van der Waals surface area contributed by atoms with Gasteiger partial charge in [0.15, 0.2) is 0 Å². The fourth-order valence-corrected chi connectivity index (χ4v) is 3.11. The van der Waals surface area contributed by atoms with Crippen LogP contribution in [0, 0.1) is 5.82 Å². The lowest BCUT2D eigenvalue weighted by atomic mass is 10.3. The summed E-state index contributed by atoms with van der Waals surface area (Å²) in [7, 11) is -2.25. The minimum absolute atomic E-state index is 0.0545. The summed E-state index contributed by atoms with van der Waals surface area (Å²) >= 11 is 3.13. The summed E-state index contributed by atoms with van der Waals surface area (Å²) in [5, 5.41) is 3.32. The third-order valence-electron chi connectivity index (χ3n) is 3.24. The van der Waals surface area contributed by atoms with Gasteiger partial charge < -0.3 is 5.32 Å². The number of halogens is 2. The summed E-state index contributed by atoms with van der Waals surface area (Å²) in [6.07, 6.45) is 3.13. The number of hydrogen-bond donors (Lipinski definition) is 2. The van der Waals surface area contributed by atoms with Gasteiger partial charge in [-0.15, -0.1) is 0 Å². The summed E-state index contributed by atoms with van der Waals surface area (Å²) in [5.41, 5.74) is -0.0545. The zero-order chi connectivity index (χ0) is 15.5. The molecule has 1 aromatic carbocycles. The number of nitrogens with one attached hydrogen (secondary N) is 2. The van der Waals surface area contributed by atoms with Crippen molar-refractivity contribution in [3.63, 3.8) is 0 Å². The summed E-state index contributed by atoms with van der Waals surface area (Å²) in [6.45, 7) is 1.17. The molecule has 0 bridgehead atoms. The lowest BCUT2D eigenvalue weighted by Crippen LogP contribution is -2.34. The van der Waals surface area contributed by atoms with Crippen LogP contribution in [0.15, 0.2) is 22.7 Å². The largest absolute Gasteiger partial charge is 0.314 e. The molecule has 8 heteroatoms. The van der Waals surface area contributed by atoms with E-state index < -0.39 is 16.0 Å². The standard InChI is InChI=1S/C13H19BrFN3O2S/c1-18(8-2-7-16-11-4-5-11)21(19,20)17-13-6-3-10(14)9-12(13)15/h3,6,9,11,16-17H,2,4-5,7-8H2,1H3. The topological polar surface area (TPSA) is 61.4 Å². The van der Waals surface area contributed by atoms with Gasteiger partial charge in [0.2, 0.25) is 0 Å². The fourth-order valence-electron chi connectivity index (χ4n) is 1.80. The van der Waals surface area contributed by atoms with Crippen molar-refractivity contribution in [2.24, 2.45) is 0 Å². The highest BCUT2D eigenvalue weighted by Crippen LogP contribution is 2.21. The van der Waals surface area contributed by atoms with E-state index in [1.165, 1.54) is 36.3 Å². The van der Waals surface area contributed by atoms with Crippen molar-refractivity contribution in [2.75, 3.05) is 24.9 Å². The highest BCUT2D eigenvalue weighted by atomic mass is 79.9. The maximum atomic E-state index is 13.7. The van der Waals surface area contributed by atoms with Gasteiger partial charge >= 0.3 is 10.2 Å². The molecular weight excluding hydrogens is 361 g/mol. The van der Waals surface area contributed by atoms with Crippen LogP contribution >= 0.6 is 15.9 Å². The molecule has 118 valence electrons. The molecule has 2 rings (SSSR count). The van der Waals surface area contributed by atoms with Crippen molar-refractivity contribution < 1.29 is 12.8 Å². The maximum Gasteiger partial charge on any atom is 0.301 e. The van der Waals surface area contributed by atoms with Gasteiger partial charge in [-0.25, -0.2) is 4.39 Å². The lowest BCUT2D eigenvalue weighted by Gasteiger charge is -2.18. The Morgan fingerprint density at radius 3 is 2.76 bits per heavy atom. The molecule has 1 saturated carbocycles. The fraction of sp³-hybridized carbons (Fsp3) is 0.538. The Hall–Kier alpha value is -0.700. The molecule has 1 aliphatic rings. The van der Waals surface area contributed by atoms with E-state index >= 15 is 0 Å². The van der Waals surface area contributed by atoms with Crippen LogP contribution in [0.4, 0.5) is 10.1 Å². The molecule has 0 spiro atoms. The first kappa shape index (κ1) is 16.7. The monoisotopic (exact) mass is 379 g/mol. The van der Waals surface area contributed by atoms with Gasteiger partial charge in [0.25, 0.3) is 0 Å². The van der Waals surface area contributed by atoms with Crippen molar-refractivity contribution in [1.29, 1.82) is 0 Å². The summed E-state index contributed by atoms with van der Waals surface area (Å²) in [6, 6.07) is 4.80. The Morgan fingerprint density at radius 1 is 1.43 bits per heavy atom. The Kier molecular flexibility index (Phi) is 5.59. The van der Waals surface area contributed by atoms with E-state index in [1.54, 1.807) is 6.07 Å². The second-order valence-electron chi connectivity index (χ2n) is 5.13. The molecule has 1 fully saturated rings. The number of hydrogen-bond acceptors (Lipinski definition) is 3. The van der Waals surface area contributed by atoms with Crippen LogP contribution in [0.25, 0.3) is 0 Å². The number of nitrogens with zero attached hydrogens (tertiary/aromatic N) is 1. The van der Waals surface area contributed by atoms with E-state index in [2.05, 4.69) is 26.0 Å². The van der Waals surface area contributed by atoms with Crippen molar-refractivity contribution >= 4 is 31.8 Å². The van der Waals surface area contributed by atoms with Crippen LogP contribution in [-0.4, -0.2) is 38.9 Å². The van der Waals surface area contributed by atoms with Crippen LogP contribution in [0.2, 0.25) is 0 Å². The Balaban J connectivity index is 1.86. The van der Waals surface area contributed by atoms with E-state index in [0.29, 0.717) is 17.1 Å². The molecule has 0 saturated heterocycles. The normalized spacial score (nSPS) is 15.4. The van der Waals surface area contributed by atoms with Gasteiger partial charge in [0, 0.05) is 24.1 Å². The number of benzene rings is 1. The molecular formula is C13H19BrFN3O2S. The van der Waals surface area contributed by atoms with Crippen LogP contribution in [-0.2, 0) is 10.2 Å². The number of rotatable bonds is 8. The van der Waals surface area contributed by atoms with Gasteiger partial charge in [-0.05, 0) is 44.0 Å². The van der Waals surface area contributed by atoms with Crippen LogP contribution in [0.5, 0.6) is 0 Å². The smallest absolute Gasteiger partial charge is 0.301 e. The molecule has 1 aliphatic carbocycles.